The number of rotatable bonds is 4. The van der Waals surface area contributed by atoms with Crippen LogP contribution >= 0.6 is 11.3 Å². The topological polar surface area (TPSA) is 87.0 Å². The maximum absolute atomic E-state index is 12.6. The number of anilines is 1. The molecule has 136 valence electrons. The van der Waals surface area contributed by atoms with Gasteiger partial charge in [0.15, 0.2) is 9.84 Å². The van der Waals surface area contributed by atoms with Crippen molar-refractivity contribution in [1.29, 1.82) is 5.26 Å². The van der Waals surface area contributed by atoms with E-state index < -0.39 is 15.7 Å². The van der Waals surface area contributed by atoms with E-state index in [-0.39, 0.29) is 16.2 Å². The number of fused-ring (bicyclic) bond motifs is 1. The van der Waals surface area contributed by atoms with Crippen molar-refractivity contribution in [2.75, 3.05) is 11.1 Å². The second kappa shape index (κ2) is 7.22. The Labute approximate surface area is 157 Å². The van der Waals surface area contributed by atoms with Gasteiger partial charge < -0.3 is 5.32 Å². The van der Waals surface area contributed by atoms with Gasteiger partial charge in [0.05, 0.1) is 16.2 Å². The number of nitrogens with one attached hydrogen (secondary N) is 1. The molecule has 1 N–H and O–H groups in total. The highest BCUT2D eigenvalue weighted by Gasteiger charge is 2.25. The molecule has 0 radical (unpaired) electrons. The fourth-order valence-corrected chi connectivity index (χ4v) is 5.41. The van der Waals surface area contributed by atoms with Crippen molar-refractivity contribution < 1.29 is 13.2 Å². The lowest BCUT2D eigenvalue weighted by atomic mass is 9.88. The van der Waals surface area contributed by atoms with Crippen LogP contribution in [0.5, 0.6) is 0 Å². The van der Waals surface area contributed by atoms with Crippen LogP contribution in [0.4, 0.5) is 5.00 Å². The summed E-state index contributed by atoms with van der Waals surface area (Å²) in [4.78, 5) is 13.9. The summed E-state index contributed by atoms with van der Waals surface area (Å²) in [7, 11) is -3.38. The van der Waals surface area contributed by atoms with Gasteiger partial charge in [-0.1, -0.05) is 19.9 Å². The van der Waals surface area contributed by atoms with E-state index in [9.17, 15) is 18.5 Å². The summed E-state index contributed by atoms with van der Waals surface area (Å²) >= 11 is 1.45. The van der Waals surface area contributed by atoms with E-state index in [1.54, 1.807) is 19.1 Å². The van der Waals surface area contributed by atoms with Crippen molar-refractivity contribution in [3.8, 4) is 6.07 Å². The van der Waals surface area contributed by atoms with Gasteiger partial charge in [0.1, 0.15) is 11.1 Å². The summed E-state index contributed by atoms with van der Waals surface area (Å²) < 4.78 is 24.1. The molecule has 1 amide bonds. The summed E-state index contributed by atoms with van der Waals surface area (Å²) in [6.45, 7) is 3.76. The Balaban J connectivity index is 1.90. The SMILES string of the molecule is CCS(=O)(=O)c1cccc(C(=O)Nc2sc3c(c2C#N)CCC(C)C3)c1. The highest BCUT2D eigenvalue weighted by Crippen LogP contribution is 2.39. The van der Waals surface area contributed by atoms with Crippen molar-refractivity contribution in [3.05, 3.63) is 45.8 Å². The normalized spacial score (nSPS) is 16.6. The molecule has 1 aliphatic rings. The van der Waals surface area contributed by atoms with E-state index in [2.05, 4.69) is 18.3 Å². The summed E-state index contributed by atoms with van der Waals surface area (Å²) in [5.41, 5.74) is 1.86. The fourth-order valence-electron chi connectivity index (χ4n) is 3.13. The number of nitriles is 1. The van der Waals surface area contributed by atoms with E-state index in [4.69, 9.17) is 0 Å². The average Bonchev–Trinajstić information content (AvgIpc) is 2.97. The molecule has 0 spiro atoms. The monoisotopic (exact) mass is 388 g/mol. The predicted octanol–water partition coefficient (Wildman–Crippen LogP) is 3.79. The molecule has 1 atom stereocenters. The Bertz CT molecular complexity index is 1000. The molecule has 0 bridgehead atoms. The Kier molecular flexibility index (Phi) is 5.17. The minimum absolute atomic E-state index is 0.0213. The standard InChI is InChI=1S/C19H20N2O3S2/c1-3-26(23,24)14-6-4-5-13(10-14)18(22)21-19-16(11-20)15-8-7-12(2)9-17(15)25-19/h4-6,10,12H,3,7-9H2,1-2H3,(H,21,22). The largest absolute Gasteiger partial charge is 0.312 e. The van der Waals surface area contributed by atoms with Crippen LogP contribution in [0.2, 0.25) is 0 Å². The Morgan fingerprint density at radius 1 is 1.42 bits per heavy atom. The third kappa shape index (κ3) is 3.53. The maximum Gasteiger partial charge on any atom is 0.256 e. The average molecular weight is 389 g/mol. The number of carbonyl (C=O) groups is 1. The summed E-state index contributed by atoms with van der Waals surface area (Å²) in [5.74, 6) is 0.153. The second-order valence-corrected chi connectivity index (χ2v) is 9.94. The van der Waals surface area contributed by atoms with Crippen LogP contribution in [-0.2, 0) is 22.7 Å². The Hall–Kier alpha value is -2.17. The lowest BCUT2D eigenvalue weighted by molar-refractivity contribution is 0.102. The van der Waals surface area contributed by atoms with Crippen molar-refractivity contribution in [2.45, 2.75) is 38.0 Å². The molecule has 0 saturated carbocycles. The number of hydrogen-bond acceptors (Lipinski definition) is 5. The molecular weight excluding hydrogens is 368 g/mol. The van der Waals surface area contributed by atoms with E-state index >= 15 is 0 Å². The second-order valence-electron chi connectivity index (χ2n) is 6.55. The highest BCUT2D eigenvalue weighted by molar-refractivity contribution is 7.91. The minimum Gasteiger partial charge on any atom is -0.312 e. The third-order valence-electron chi connectivity index (χ3n) is 4.69. The number of amides is 1. The number of hydrogen-bond donors (Lipinski definition) is 1. The number of benzene rings is 1. The van der Waals surface area contributed by atoms with Crippen LogP contribution < -0.4 is 5.32 Å². The molecule has 0 fully saturated rings. The molecule has 3 rings (SSSR count). The zero-order valence-electron chi connectivity index (χ0n) is 14.7. The first-order chi connectivity index (χ1) is 12.4. The molecule has 1 heterocycles. The molecule has 2 aromatic rings. The van der Waals surface area contributed by atoms with Crippen molar-refractivity contribution >= 4 is 32.1 Å². The van der Waals surface area contributed by atoms with Gasteiger partial charge in [-0.2, -0.15) is 5.26 Å². The number of carbonyl (C=O) groups excluding carboxylic acids is 1. The van der Waals surface area contributed by atoms with Crippen LogP contribution in [0.3, 0.4) is 0 Å². The summed E-state index contributed by atoms with van der Waals surface area (Å²) in [6.07, 6.45) is 2.83. The molecule has 5 nitrogen and oxygen atoms in total. The molecule has 1 aromatic heterocycles. The zero-order valence-corrected chi connectivity index (χ0v) is 16.3. The minimum atomic E-state index is -3.38. The van der Waals surface area contributed by atoms with E-state index in [0.29, 0.717) is 16.5 Å². The maximum atomic E-state index is 12.6. The number of thiophene rings is 1. The smallest absolute Gasteiger partial charge is 0.256 e. The van der Waals surface area contributed by atoms with Gasteiger partial charge in [-0.05, 0) is 48.9 Å². The first-order valence-electron chi connectivity index (χ1n) is 8.54. The van der Waals surface area contributed by atoms with Crippen molar-refractivity contribution in [1.82, 2.24) is 0 Å². The first kappa shape index (κ1) is 18.6. The quantitative estimate of drug-likeness (QED) is 0.863. The molecule has 7 heteroatoms. The third-order valence-corrected chi connectivity index (χ3v) is 7.59. The fraction of sp³-hybridized carbons (Fsp3) is 0.368. The van der Waals surface area contributed by atoms with E-state index in [1.165, 1.54) is 23.5 Å². The Morgan fingerprint density at radius 2 is 2.19 bits per heavy atom. The van der Waals surface area contributed by atoms with Gasteiger partial charge in [0.25, 0.3) is 5.91 Å². The molecule has 1 unspecified atom stereocenters. The van der Waals surface area contributed by atoms with Gasteiger partial charge >= 0.3 is 0 Å². The number of sulfone groups is 1. The van der Waals surface area contributed by atoms with E-state index in [1.807, 2.05) is 0 Å². The van der Waals surface area contributed by atoms with Crippen LogP contribution in [0, 0.1) is 17.2 Å². The van der Waals surface area contributed by atoms with Gasteiger partial charge in [-0.3, -0.25) is 4.79 Å². The summed E-state index contributed by atoms with van der Waals surface area (Å²) in [6, 6.07) is 8.23. The van der Waals surface area contributed by atoms with Crippen molar-refractivity contribution in [3.63, 3.8) is 0 Å². The van der Waals surface area contributed by atoms with Crippen LogP contribution in [0.1, 0.15) is 46.6 Å². The molecular formula is C19H20N2O3S2. The molecule has 0 saturated heterocycles. The van der Waals surface area contributed by atoms with Crippen LogP contribution in [0.25, 0.3) is 0 Å². The van der Waals surface area contributed by atoms with Crippen LogP contribution in [0.15, 0.2) is 29.2 Å². The predicted molar refractivity (Wildman–Crippen MR) is 102 cm³/mol. The van der Waals surface area contributed by atoms with Gasteiger partial charge in [-0.25, -0.2) is 8.42 Å². The highest BCUT2D eigenvalue weighted by atomic mass is 32.2. The van der Waals surface area contributed by atoms with Gasteiger partial charge in [0.2, 0.25) is 0 Å². The Morgan fingerprint density at radius 3 is 2.88 bits per heavy atom. The molecule has 1 aliphatic carbocycles. The van der Waals surface area contributed by atoms with Crippen molar-refractivity contribution in [2.24, 2.45) is 5.92 Å². The van der Waals surface area contributed by atoms with E-state index in [0.717, 1.165) is 29.7 Å². The molecule has 26 heavy (non-hydrogen) atoms. The number of nitrogens with zero attached hydrogens (tertiary/aromatic N) is 1. The van der Waals surface area contributed by atoms with Crippen LogP contribution in [-0.4, -0.2) is 20.1 Å². The zero-order chi connectivity index (χ0) is 18.9. The lowest BCUT2D eigenvalue weighted by Crippen LogP contribution is -2.13. The molecule has 0 aliphatic heterocycles. The lowest BCUT2D eigenvalue weighted by Gasteiger charge is -2.17. The first-order valence-corrected chi connectivity index (χ1v) is 11.0. The van der Waals surface area contributed by atoms with Gasteiger partial charge in [0, 0.05) is 10.4 Å². The van der Waals surface area contributed by atoms with Gasteiger partial charge in [-0.15, -0.1) is 11.3 Å². The molecule has 1 aromatic carbocycles. The summed E-state index contributed by atoms with van der Waals surface area (Å²) in [5, 5.41) is 12.9.